The molecular formula is C33H35N5O4. The van der Waals surface area contributed by atoms with Crippen LogP contribution in [0.15, 0.2) is 85.1 Å². The Morgan fingerprint density at radius 3 is 2.48 bits per heavy atom. The molecule has 1 aliphatic heterocycles. The van der Waals surface area contributed by atoms with E-state index in [0.29, 0.717) is 13.0 Å². The number of aryl methyl sites for hydroxylation is 1. The van der Waals surface area contributed by atoms with E-state index in [1.807, 2.05) is 92.0 Å². The summed E-state index contributed by atoms with van der Waals surface area (Å²) in [5, 5.41) is 6.59. The number of aromatic nitrogens is 1. The molecule has 1 aliphatic rings. The van der Waals surface area contributed by atoms with E-state index in [0.717, 1.165) is 33.2 Å². The molecule has 3 aromatic carbocycles. The molecule has 2 heterocycles. The number of carbonyl (C=O) groups is 4. The molecule has 42 heavy (non-hydrogen) atoms. The minimum Gasteiger partial charge on any atom is -0.361 e. The highest BCUT2D eigenvalue weighted by molar-refractivity contribution is 5.98. The van der Waals surface area contributed by atoms with Gasteiger partial charge in [0.2, 0.25) is 23.6 Å². The average molecular weight is 566 g/mol. The minimum atomic E-state index is -0.875. The lowest BCUT2D eigenvalue weighted by Gasteiger charge is -2.33. The second-order valence-corrected chi connectivity index (χ2v) is 10.8. The molecule has 0 aliphatic carbocycles. The van der Waals surface area contributed by atoms with Crippen LogP contribution in [0.5, 0.6) is 0 Å². The summed E-state index contributed by atoms with van der Waals surface area (Å²) in [7, 11) is 1.72. The van der Waals surface area contributed by atoms with Crippen LogP contribution in [0.4, 0.5) is 0 Å². The lowest BCUT2D eigenvalue weighted by Crippen LogP contribution is -2.61. The molecule has 3 N–H and O–H groups in total. The van der Waals surface area contributed by atoms with Crippen molar-refractivity contribution in [2.24, 2.45) is 0 Å². The highest BCUT2D eigenvalue weighted by atomic mass is 16.2. The quantitative estimate of drug-likeness (QED) is 0.274. The molecule has 4 amide bonds. The number of nitrogens with zero attached hydrogens (tertiary/aromatic N) is 2. The summed E-state index contributed by atoms with van der Waals surface area (Å²) >= 11 is 0. The van der Waals surface area contributed by atoms with Crippen molar-refractivity contribution in [3.63, 3.8) is 0 Å². The van der Waals surface area contributed by atoms with E-state index in [1.165, 1.54) is 4.90 Å². The number of nitrogens with one attached hydrogen (secondary N) is 3. The third kappa shape index (κ3) is 6.68. The van der Waals surface area contributed by atoms with Gasteiger partial charge < -0.3 is 25.4 Å². The highest BCUT2D eigenvalue weighted by Gasteiger charge is 2.34. The first-order valence-corrected chi connectivity index (χ1v) is 14.0. The fourth-order valence-electron chi connectivity index (χ4n) is 5.42. The molecule has 0 spiro atoms. The summed E-state index contributed by atoms with van der Waals surface area (Å²) in [4.78, 5) is 58.9. The molecule has 4 aromatic rings. The zero-order valence-corrected chi connectivity index (χ0v) is 23.8. The zero-order valence-electron chi connectivity index (χ0n) is 23.8. The van der Waals surface area contributed by atoms with Crippen LogP contribution < -0.4 is 10.6 Å². The van der Waals surface area contributed by atoms with Gasteiger partial charge in [0, 0.05) is 43.5 Å². The summed E-state index contributed by atoms with van der Waals surface area (Å²) < 4.78 is 0. The molecule has 9 nitrogen and oxygen atoms in total. The van der Waals surface area contributed by atoms with Crippen LogP contribution in [-0.2, 0) is 38.6 Å². The fraction of sp³-hybridized carbons (Fsp3) is 0.273. The van der Waals surface area contributed by atoms with E-state index in [4.69, 9.17) is 0 Å². The third-order valence-corrected chi connectivity index (χ3v) is 7.67. The first-order chi connectivity index (χ1) is 20.3. The van der Waals surface area contributed by atoms with Gasteiger partial charge in [0.1, 0.15) is 25.2 Å². The van der Waals surface area contributed by atoms with Gasteiger partial charge in [0.25, 0.3) is 0 Å². The maximum absolute atomic E-state index is 13.8. The molecule has 9 heteroatoms. The van der Waals surface area contributed by atoms with Gasteiger partial charge in [-0.25, -0.2) is 0 Å². The van der Waals surface area contributed by atoms with Crippen LogP contribution in [0, 0.1) is 6.92 Å². The first-order valence-electron chi connectivity index (χ1n) is 14.0. The van der Waals surface area contributed by atoms with E-state index in [9.17, 15) is 19.2 Å². The highest BCUT2D eigenvalue weighted by Crippen LogP contribution is 2.20. The van der Waals surface area contributed by atoms with Gasteiger partial charge in [0.05, 0.1) is 0 Å². The number of piperazine rings is 1. The normalized spacial score (nSPS) is 15.8. The number of amides is 4. The van der Waals surface area contributed by atoms with Gasteiger partial charge >= 0.3 is 0 Å². The van der Waals surface area contributed by atoms with Crippen LogP contribution in [0.25, 0.3) is 10.9 Å². The Labute approximate surface area is 244 Å². The lowest BCUT2D eigenvalue weighted by atomic mass is 10.0. The van der Waals surface area contributed by atoms with E-state index in [1.54, 1.807) is 11.9 Å². The van der Waals surface area contributed by atoms with E-state index in [-0.39, 0.29) is 37.2 Å². The molecule has 2 atom stereocenters. The number of hydrogen-bond donors (Lipinski definition) is 3. The molecule has 0 saturated carbocycles. The second-order valence-electron chi connectivity index (χ2n) is 10.8. The molecule has 216 valence electrons. The summed E-state index contributed by atoms with van der Waals surface area (Å²) in [6.07, 6.45) is 2.44. The van der Waals surface area contributed by atoms with Gasteiger partial charge in [0.15, 0.2) is 0 Å². The predicted octanol–water partition coefficient (Wildman–Crippen LogP) is 2.73. The largest absolute Gasteiger partial charge is 0.361 e. The number of carbonyl (C=O) groups excluding carboxylic acids is 4. The van der Waals surface area contributed by atoms with Gasteiger partial charge in [-0.3, -0.25) is 19.2 Å². The van der Waals surface area contributed by atoms with Gasteiger partial charge in [-0.05, 0) is 35.2 Å². The molecule has 5 rings (SSSR count). The van der Waals surface area contributed by atoms with Crippen LogP contribution in [0.1, 0.15) is 22.3 Å². The van der Waals surface area contributed by atoms with Crippen molar-refractivity contribution in [3.05, 3.63) is 107 Å². The van der Waals surface area contributed by atoms with Crippen LogP contribution in [0.2, 0.25) is 0 Å². The molecule has 1 saturated heterocycles. The monoisotopic (exact) mass is 565 g/mol. The number of para-hydroxylation sites is 1. The Morgan fingerprint density at radius 2 is 1.69 bits per heavy atom. The third-order valence-electron chi connectivity index (χ3n) is 7.67. The summed E-state index contributed by atoms with van der Waals surface area (Å²) in [5.41, 5.74) is 4.82. The van der Waals surface area contributed by atoms with Crippen molar-refractivity contribution in [1.29, 1.82) is 0 Å². The zero-order chi connectivity index (χ0) is 29.6. The molecule has 1 aromatic heterocycles. The molecular weight excluding hydrogens is 530 g/mol. The maximum Gasteiger partial charge on any atom is 0.246 e. The number of likely N-dealkylation sites (N-methyl/N-ethyl adjacent to an activating group) is 1. The summed E-state index contributed by atoms with van der Waals surface area (Å²) in [6, 6.07) is 23.4. The minimum absolute atomic E-state index is 0.216. The lowest BCUT2D eigenvalue weighted by molar-refractivity contribution is -0.146. The Bertz CT molecular complexity index is 1600. The Balaban J connectivity index is 1.32. The number of fused-ring (bicyclic) bond motifs is 1. The smallest absolute Gasteiger partial charge is 0.246 e. The van der Waals surface area contributed by atoms with Crippen molar-refractivity contribution in [3.8, 4) is 0 Å². The van der Waals surface area contributed by atoms with Gasteiger partial charge in [-0.1, -0.05) is 72.8 Å². The maximum atomic E-state index is 13.8. The number of aromatic amines is 1. The van der Waals surface area contributed by atoms with Gasteiger partial charge in [-0.2, -0.15) is 0 Å². The summed E-state index contributed by atoms with van der Waals surface area (Å²) in [5.74, 6) is -1.40. The van der Waals surface area contributed by atoms with Crippen molar-refractivity contribution in [1.82, 2.24) is 25.4 Å². The first kappa shape index (κ1) is 28.6. The number of benzene rings is 3. The van der Waals surface area contributed by atoms with Crippen LogP contribution in [-0.4, -0.2) is 70.6 Å². The van der Waals surface area contributed by atoms with Crippen molar-refractivity contribution in [2.45, 2.75) is 38.4 Å². The van der Waals surface area contributed by atoms with Crippen molar-refractivity contribution >= 4 is 34.5 Å². The Morgan fingerprint density at radius 1 is 0.976 bits per heavy atom. The van der Waals surface area contributed by atoms with Crippen LogP contribution in [0.3, 0.4) is 0 Å². The number of H-pyrrole nitrogens is 1. The fourth-order valence-corrected chi connectivity index (χ4v) is 5.42. The van der Waals surface area contributed by atoms with Crippen molar-refractivity contribution in [2.75, 3.05) is 20.1 Å². The average Bonchev–Trinajstić information content (AvgIpc) is 3.39. The second kappa shape index (κ2) is 12.7. The van der Waals surface area contributed by atoms with E-state index in [2.05, 4.69) is 15.6 Å². The van der Waals surface area contributed by atoms with Crippen LogP contribution >= 0.6 is 0 Å². The number of rotatable bonds is 10. The SMILES string of the molecule is Cc1ccccc1CN(C)C(=O)C(Cc1c[nH]c2ccccc12)NC(=O)CN1CC(=O)NC(Cc2ccccc2)C1=O. The van der Waals surface area contributed by atoms with Crippen molar-refractivity contribution < 1.29 is 19.2 Å². The topological polar surface area (TPSA) is 115 Å². The predicted molar refractivity (Wildman–Crippen MR) is 160 cm³/mol. The van der Waals surface area contributed by atoms with Gasteiger partial charge in [-0.15, -0.1) is 0 Å². The summed E-state index contributed by atoms with van der Waals surface area (Å²) in [6.45, 7) is 1.84. The Hall–Kier alpha value is -4.92. The van der Waals surface area contributed by atoms with E-state index >= 15 is 0 Å². The molecule has 0 bridgehead atoms. The van der Waals surface area contributed by atoms with E-state index < -0.39 is 18.0 Å². The molecule has 1 fully saturated rings. The Kier molecular flexibility index (Phi) is 8.66. The standard InChI is InChI=1S/C33H35N5O4/c1-22-10-6-7-13-24(22)19-37(2)32(41)29(17-25-18-34-27-15-9-8-14-26(25)27)36-31(40)21-38-20-30(39)35-28(33(38)42)16-23-11-4-3-5-12-23/h3-15,18,28-29,34H,16-17,19-21H2,1-2H3,(H,35,39)(H,36,40). The molecule has 2 unspecified atom stereocenters. The number of hydrogen-bond acceptors (Lipinski definition) is 4. The molecule has 0 radical (unpaired) electrons.